The lowest BCUT2D eigenvalue weighted by Crippen LogP contribution is -2.51. The van der Waals surface area contributed by atoms with Gasteiger partial charge in [-0.2, -0.15) is 4.98 Å². The molecule has 5 atom stereocenters. The zero-order chi connectivity index (χ0) is 51.7. The number of piperidine rings is 3. The Morgan fingerprint density at radius 3 is 2.33 bits per heavy atom. The molecule has 5 unspecified atom stereocenters. The van der Waals surface area contributed by atoms with Crippen molar-refractivity contribution in [3.63, 3.8) is 0 Å². The van der Waals surface area contributed by atoms with Crippen LogP contribution < -0.4 is 25.6 Å². The summed E-state index contributed by atoms with van der Waals surface area (Å²) in [5.74, 6) is 2.19. The normalized spacial score (nSPS) is 23.5. The van der Waals surface area contributed by atoms with Crippen LogP contribution in [0, 0.1) is 29.9 Å². The molecule has 394 valence electrons. The van der Waals surface area contributed by atoms with Crippen molar-refractivity contribution < 1.29 is 33.0 Å². The van der Waals surface area contributed by atoms with Gasteiger partial charge in [-0.3, -0.25) is 24.7 Å². The molecular weight excluding hydrogens is 951 g/mol. The van der Waals surface area contributed by atoms with E-state index in [1.165, 1.54) is 60.2 Å². The highest BCUT2D eigenvalue weighted by Gasteiger charge is 2.40. The Kier molecular flexibility index (Phi) is 15.1. The number of ether oxygens (including phenoxy) is 1. The third-order valence-electron chi connectivity index (χ3n) is 17.3. The van der Waals surface area contributed by atoms with E-state index < -0.39 is 11.6 Å². The number of aromatic nitrogens is 2. The maximum atomic E-state index is 17.1. The largest absolute Gasteiger partial charge is 0.508 e. The van der Waals surface area contributed by atoms with Gasteiger partial charge in [0.25, 0.3) is 0 Å². The number of halogens is 2. The Labute approximate surface area is 438 Å². The number of fused-ring (bicyclic) bond motifs is 5. The van der Waals surface area contributed by atoms with Crippen molar-refractivity contribution in [1.29, 1.82) is 0 Å². The molecule has 11 rings (SSSR count). The molecule has 0 saturated carbocycles. The number of piperazine rings is 1. The highest BCUT2D eigenvalue weighted by Crippen LogP contribution is 2.43. The summed E-state index contributed by atoms with van der Waals surface area (Å²) in [4.78, 5) is 54.0. The van der Waals surface area contributed by atoms with Gasteiger partial charge >= 0.3 is 0 Å². The topological polar surface area (TPSA) is 152 Å². The molecule has 15 heteroatoms. The number of phenolic OH excluding ortho intramolecular Hbond substituents is 1. The van der Waals surface area contributed by atoms with Crippen LogP contribution in [0.4, 0.5) is 14.6 Å². The van der Waals surface area contributed by atoms with Crippen LogP contribution in [0.15, 0.2) is 54.7 Å². The quantitative estimate of drug-likeness (QED) is 0.0425. The van der Waals surface area contributed by atoms with Crippen LogP contribution in [0.3, 0.4) is 0 Å². The summed E-state index contributed by atoms with van der Waals surface area (Å²) >= 11 is 0. The third kappa shape index (κ3) is 10.8. The van der Waals surface area contributed by atoms with Gasteiger partial charge < -0.3 is 35.2 Å². The number of hydrogen-bond acceptors (Lipinski definition) is 11. The number of unbranched alkanes of at least 4 members (excludes halogenated alkanes) is 6. The summed E-state index contributed by atoms with van der Waals surface area (Å²) in [5.41, 5.74) is 3.88. The molecule has 13 nitrogen and oxygen atoms in total. The Balaban J connectivity index is 0.615. The van der Waals surface area contributed by atoms with Gasteiger partial charge in [-0.1, -0.05) is 62.3 Å². The molecule has 75 heavy (non-hydrogen) atoms. The zero-order valence-corrected chi connectivity index (χ0v) is 43.2. The SMILES string of the molecule is C#Cc1c(F)ccc2cc(O)cc(-c3ncc4c(N5CC6CCC(C5)N6)nc(OC5CCN(CCCCCCCCCC(=O)N6CCC(c7ccc8c(c7)C(C)NC8C7CCC(=O)NC7=O)CC6)CC5)cc4c3F)c12. The van der Waals surface area contributed by atoms with E-state index in [-0.39, 0.29) is 64.4 Å². The third-order valence-corrected chi connectivity index (χ3v) is 17.3. The van der Waals surface area contributed by atoms with E-state index in [1.807, 2.05) is 0 Å². The van der Waals surface area contributed by atoms with E-state index >= 15 is 8.78 Å². The van der Waals surface area contributed by atoms with Crippen LogP contribution in [0.5, 0.6) is 11.6 Å². The standard InChI is InChI=1S/C60H70F2N8O5/c1-3-44-51(61)18-13-39-29-42(71)31-49(55(39)44)58-56(62)48-32-53(67-59(50(48)33-63-58)70-34-40-14-15-41(35-70)65-40)75-43-22-25-68(26-23-43)24-10-8-6-4-5-7-9-11-54(73)69-27-20-37(21-28-69)38-12-16-45-47(30-38)36(2)64-57(45)46-17-19-52(72)66-60(46)74/h1,12-13,16,18,29-33,36-37,40-41,43,46,57,64-65,71H,4-11,14-15,17,19-28,34-35H2,2H3,(H,66,72,74). The molecule has 3 amide bonds. The molecule has 8 heterocycles. The number of amides is 3. The first-order valence-electron chi connectivity index (χ1n) is 27.8. The number of likely N-dealkylation sites (tertiary alicyclic amines) is 2. The minimum Gasteiger partial charge on any atom is -0.508 e. The molecule has 4 N–H and O–H groups in total. The van der Waals surface area contributed by atoms with Crippen LogP contribution in [0.25, 0.3) is 32.8 Å². The molecule has 5 saturated heterocycles. The highest BCUT2D eigenvalue weighted by atomic mass is 19.1. The molecule has 6 aliphatic rings. The number of carbonyl (C=O) groups is 3. The number of phenols is 1. The van der Waals surface area contributed by atoms with Crippen molar-refractivity contribution in [2.24, 2.45) is 5.92 Å². The van der Waals surface area contributed by atoms with E-state index in [9.17, 15) is 19.5 Å². The van der Waals surface area contributed by atoms with Crippen LogP contribution in [-0.2, 0) is 14.4 Å². The van der Waals surface area contributed by atoms with Gasteiger partial charge in [0.1, 0.15) is 29.2 Å². The number of imide groups is 1. The second-order valence-corrected chi connectivity index (χ2v) is 22.2. The van der Waals surface area contributed by atoms with Crippen molar-refractivity contribution in [1.82, 2.24) is 35.7 Å². The van der Waals surface area contributed by atoms with Crippen LogP contribution in [-0.4, -0.2) is 107 Å². The summed E-state index contributed by atoms with van der Waals surface area (Å²) in [5, 5.41) is 22.2. The molecule has 5 aromatic rings. The first kappa shape index (κ1) is 50.9. The van der Waals surface area contributed by atoms with Crippen molar-refractivity contribution >= 4 is 45.1 Å². The number of carbonyl (C=O) groups excluding carboxylic acids is 3. The van der Waals surface area contributed by atoms with Gasteiger partial charge in [0.2, 0.25) is 23.6 Å². The Morgan fingerprint density at radius 1 is 0.840 bits per heavy atom. The molecule has 0 spiro atoms. The van der Waals surface area contributed by atoms with Crippen molar-refractivity contribution in [2.75, 3.05) is 50.7 Å². The summed E-state index contributed by atoms with van der Waals surface area (Å²) in [6, 6.07) is 14.7. The highest BCUT2D eigenvalue weighted by molar-refractivity contribution is 6.04. The minimum absolute atomic E-state index is 0.0147. The lowest BCUT2D eigenvalue weighted by atomic mass is 9.83. The maximum Gasteiger partial charge on any atom is 0.231 e. The maximum absolute atomic E-state index is 17.1. The molecule has 3 aromatic carbocycles. The van der Waals surface area contributed by atoms with Gasteiger partial charge in [-0.25, -0.2) is 8.78 Å². The van der Waals surface area contributed by atoms with Gasteiger partial charge in [0.05, 0.1) is 11.5 Å². The smallest absolute Gasteiger partial charge is 0.231 e. The summed E-state index contributed by atoms with van der Waals surface area (Å²) in [6.45, 7) is 8.09. The molecule has 6 aliphatic heterocycles. The van der Waals surface area contributed by atoms with E-state index in [1.54, 1.807) is 12.3 Å². The summed E-state index contributed by atoms with van der Waals surface area (Å²) < 4.78 is 38.8. The molecule has 0 aliphatic carbocycles. The average Bonchev–Trinajstić information content (AvgIpc) is 3.93. The van der Waals surface area contributed by atoms with Gasteiger partial charge in [-0.05, 0) is 117 Å². The van der Waals surface area contributed by atoms with Gasteiger partial charge in [0.15, 0.2) is 5.82 Å². The van der Waals surface area contributed by atoms with E-state index in [0.29, 0.717) is 70.5 Å². The van der Waals surface area contributed by atoms with Gasteiger partial charge in [-0.15, -0.1) is 6.42 Å². The molecule has 2 bridgehead atoms. The average molecular weight is 1020 g/mol. The van der Waals surface area contributed by atoms with E-state index in [4.69, 9.17) is 16.1 Å². The fourth-order valence-electron chi connectivity index (χ4n) is 13.2. The molecule has 2 aromatic heterocycles. The molecule has 5 fully saturated rings. The summed E-state index contributed by atoms with van der Waals surface area (Å²) in [6.07, 6.45) is 22.5. The lowest BCUT2D eigenvalue weighted by Gasteiger charge is -2.35. The van der Waals surface area contributed by atoms with Crippen molar-refractivity contribution in [3.8, 4) is 35.2 Å². The Morgan fingerprint density at radius 2 is 1.59 bits per heavy atom. The fraction of sp³-hybridized carbons (Fsp3) is 0.517. The fourth-order valence-corrected chi connectivity index (χ4v) is 13.2. The van der Waals surface area contributed by atoms with Crippen LogP contribution >= 0.6 is 0 Å². The van der Waals surface area contributed by atoms with Gasteiger partial charge in [0, 0.05) is 110 Å². The van der Waals surface area contributed by atoms with Crippen molar-refractivity contribution in [2.45, 2.75) is 146 Å². The Hall–Kier alpha value is -6.21. The minimum atomic E-state index is -0.613. The predicted molar refractivity (Wildman–Crippen MR) is 286 cm³/mol. The number of pyridine rings is 2. The van der Waals surface area contributed by atoms with Crippen LogP contribution in [0.1, 0.15) is 150 Å². The lowest BCUT2D eigenvalue weighted by molar-refractivity contribution is -0.137. The number of terminal acetylenes is 1. The van der Waals surface area contributed by atoms with Crippen LogP contribution in [0.2, 0.25) is 0 Å². The monoisotopic (exact) mass is 1020 g/mol. The number of nitrogens with zero attached hydrogens (tertiary/aromatic N) is 5. The van der Waals surface area contributed by atoms with Crippen molar-refractivity contribution in [3.05, 3.63) is 88.6 Å². The number of rotatable bonds is 16. The summed E-state index contributed by atoms with van der Waals surface area (Å²) in [7, 11) is 0. The zero-order valence-electron chi connectivity index (χ0n) is 43.2. The second kappa shape index (κ2) is 22.2. The molecule has 0 radical (unpaired) electrons. The van der Waals surface area contributed by atoms with E-state index in [2.05, 4.69) is 66.7 Å². The number of anilines is 1. The first-order valence-corrected chi connectivity index (χ1v) is 27.8. The van der Waals surface area contributed by atoms with E-state index in [0.717, 1.165) is 110 Å². The molecular formula is C60H70F2N8O5. The number of aromatic hydroxyl groups is 1. The number of hydrogen-bond donors (Lipinski definition) is 4. The predicted octanol–water partition coefficient (Wildman–Crippen LogP) is 9.48. The second-order valence-electron chi connectivity index (χ2n) is 22.2. The first-order chi connectivity index (χ1) is 36.5. The Bertz CT molecular complexity index is 3010. The number of nitrogens with one attached hydrogen (secondary N) is 3. The number of benzene rings is 3.